The molecule has 0 aliphatic rings. The molecule has 16 heavy (non-hydrogen) atoms. The van der Waals surface area contributed by atoms with Gasteiger partial charge in [0, 0.05) is 17.9 Å². The van der Waals surface area contributed by atoms with E-state index in [1.807, 2.05) is 51.1 Å². The highest BCUT2D eigenvalue weighted by atomic mass is 16.3. The maximum atomic E-state index is 11.6. The predicted molar refractivity (Wildman–Crippen MR) is 65.3 cm³/mol. The second kappa shape index (κ2) is 4.97. The largest absolute Gasteiger partial charge is 0.512 e. The highest BCUT2D eigenvalue weighted by molar-refractivity contribution is 5.91. The van der Waals surface area contributed by atoms with Gasteiger partial charge in [-0.25, -0.2) is 0 Å². The molecule has 0 bridgehead atoms. The van der Waals surface area contributed by atoms with Gasteiger partial charge in [-0.05, 0) is 5.56 Å². The summed E-state index contributed by atoms with van der Waals surface area (Å²) in [6.07, 6.45) is 1.66. The summed E-state index contributed by atoms with van der Waals surface area (Å²) in [4.78, 5) is 11.6. The van der Waals surface area contributed by atoms with Gasteiger partial charge in [-0.15, -0.1) is 0 Å². The topological polar surface area (TPSA) is 37.3 Å². The van der Waals surface area contributed by atoms with Crippen LogP contribution in [0.25, 0.3) is 0 Å². The number of benzene rings is 1. The van der Waals surface area contributed by atoms with Crippen LogP contribution in [0.15, 0.2) is 42.2 Å². The monoisotopic (exact) mass is 218 g/mol. The fourth-order valence-corrected chi connectivity index (χ4v) is 1.22. The third kappa shape index (κ3) is 3.89. The molecule has 0 unspecified atom stereocenters. The van der Waals surface area contributed by atoms with E-state index >= 15 is 0 Å². The molecular weight excluding hydrogens is 200 g/mol. The van der Waals surface area contributed by atoms with Crippen molar-refractivity contribution >= 4 is 5.78 Å². The molecule has 0 fully saturated rings. The van der Waals surface area contributed by atoms with Crippen LogP contribution in [0.2, 0.25) is 0 Å². The first kappa shape index (κ1) is 12.5. The van der Waals surface area contributed by atoms with Gasteiger partial charge in [0.15, 0.2) is 5.78 Å². The lowest BCUT2D eigenvalue weighted by molar-refractivity contribution is -0.114. The lowest BCUT2D eigenvalue weighted by atomic mass is 9.92. The molecule has 1 N–H and O–H groups in total. The van der Waals surface area contributed by atoms with Gasteiger partial charge in [-0.1, -0.05) is 51.1 Å². The lowest BCUT2D eigenvalue weighted by Crippen LogP contribution is -2.11. The molecular formula is C14H18O2. The van der Waals surface area contributed by atoms with Crippen LogP contribution in [0.4, 0.5) is 0 Å². The number of rotatable bonds is 3. The Morgan fingerprint density at radius 3 is 2.31 bits per heavy atom. The van der Waals surface area contributed by atoms with Crippen molar-refractivity contribution in [3.05, 3.63) is 47.7 Å². The summed E-state index contributed by atoms with van der Waals surface area (Å²) in [6.45, 7) is 5.61. The first-order valence-corrected chi connectivity index (χ1v) is 5.37. The molecule has 1 aromatic rings. The van der Waals surface area contributed by atoms with Crippen molar-refractivity contribution in [2.24, 2.45) is 5.41 Å². The number of ketones is 1. The smallest absolute Gasteiger partial charge is 0.163 e. The summed E-state index contributed by atoms with van der Waals surface area (Å²) in [5.74, 6) is 0.0621. The second-order valence-electron chi connectivity index (χ2n) is 4.91. The highest BCUT2D eigenvalue weighted by Crippen LogP contribution is 2.22. The molecule has 0 aliphatic heterocycles. The van der Waals surface area contributed by atoms with Crippen LogP contribution in [0.3, 0.4) is 0 Å². The summed E-state index contributed by atoms with van der Waals surface area (Å²) < 4.78 is 0. The van der Waals surface area contributed by atoms with Crippen LogP contribution < -0.4 is 0 Å². The van der Waals surface area contributed by atoms with Crippen LogP contribution >= 0.6 is 0 Å². The normalized spacial score (nSPS) is 12.6. The fraction of sp³-hybridized carbons (Fsp3) is 0.357. The Bertz CT molecular complexity index is 383. The predicted octanol–water partition coefficient (Wildman–Crippen LogP) is 3.29. The van der Waals surface area contributed by atoms with E-state index in [-0.39, 0.29) is 17.0 Å². The fourth-order valence-electron chi connectivity index (χ4n) is 1.22. The van der Waals surface area contributed by atoms with E-state index < -0.39 is 0 Å². The number of hydrogen-bond donors (Lipinski definition) is 1. The van der Waals surface area contributed by atoms with Crippen molar-refractivity contribution in [1.82, 2.24) is 0 Å². The summed E-state index contributed by atoms with van der Waals surface area (Å²) in [5, 5.41) is 9.67. The second-order valence-corrected chi connectivity index (χ2v) is 4.91. The van der Waals surface area contributed by atoms with Gasteiger partial charge in [0.2, 0.25) is 0 Å². The summed E-state index contributed by atoms with van der Waals surface area (Å²) >= 11 is 0. The van der Waals surface area contributed by atoms with E-state index in [0.29, 0.717) is 6.42 Å². The molecule has 0 amide bonds. The van der Waals surface area contributed by atoms with Gasteiger partial charge in [0.1, 0.15) is 5.76 Å². The maximum Gasteiger partial charge on any atom is 0.163 e. The lowest BCUT2D eigenvalue weighted by Gasteiger charge is -2.16. The SMILES string of the molecule is CC(C)(C)/C(O)=C/C(=O)Cc1ccccc1. The van der Waals surface area contributed by atoms with E-state index in [4.69, 9.17) is 0 Å². The molecule has 0 aromatic heterocycles. The molecule has 86 valence electrons. The Balaban J connectivity index is 2.68. The first-order valence-electron chi connectivity index (χ1n) is 5.37. The molecule has 1 rings (SSSR count). The van der Waals surface area contributed by atoms with Gasteiger partial charge in [0.25, 0.3) is 0 Å². The van der Waals surface area contributed by atoms with Crippen LogP contribution in [-0.4, -0.2) is 10.9 Å². The Kier molecular flexibility index (Phi) is 3.88. The number of carbonyl (C=O) groups is 1. The van der Waals surface area contributed by atoms with Gasteiger partial charge in [0.05, 0.1) is 0 Å². The van der Waals surface area contributed by atoms with Crippen molar-refractivity contribution in [3.8, 4) is 0 Å². The molecule has 0 radical (unpaired) electrons. The van der Waals surface area contributed by atoms with Crippen molar-refractivity contribution in [1.29, 1.82) is 0 Å². The van der Waals surface area contributed by atoms with E-state index in [2.05, 4.69) is 0 Å². The minimum Gasteiger partial charge on any atom is -0.512 e. The molecule has 0 saturated carbocycles. The van der Waals surface area contributed by atoms with Crippen LogP contribution in [0.5, 0.6) is 0 Å². The number of aliphatic hydroxyl groups excluding tert-OH is 1. The zero-order chi connectivity index (χ0) is 12.2. The molecule has 2 heteroatoms. The number of carbonyl (C=O) groups excluding carboxylic acids is 1. The third-order valence-corrected chi connectivity index (χ3v) is 2.29. The van der Waals surface area contributed by atoms with Crippen molar-refractivity contribution in [2.45, 2.75) is 27.2 Å². The van der Waals surface area contributed by atoms with Crippen molar-refractivity contribution in [3.63, 3.8) is 0 Å². The Morgan fingerprint density at radius 2 is 1.81 bits per heavy atom. The van der Waals surface area contributed by atoms with E-state index in [9.17, 15) is 9.90 Å². The van der Waals surface area contributed by atoms with E-state index in [1.165, 1.54) is 6.08 Å². The minimum absolute atomic E-state index is 0.0707. The van der Waals surface area contributed by atoms with Crippen LogP contribution in [-0.2, 0) is 11.2 Å². The molecule has 0 saturated heterocycles. The number of allylic oxidation sites excluding steroid dienone is 2. The third-order valence-electron chi connectivity index (χ3n) is 2.29. The van der Waals surface area contributed by atoms with Gasteiger partial charge in [-0.2, -0.15) is 0 Å². The highest BCUT2D eigenvalue weighted by Gasteiger charge is 2.17. The van der Waals surface area contributed by atoms with Crippen molar-refractivity contribution < 1.29 is 9.90 Å². The van der Waals surface area contributed by atoms with Crippen LogP contribution in [0, 0.1) is 5.41 Å². The molecule has 0 heterocycles. The van der Waals surface area contributed by atoms with Crippen LogP contribution in [0.1, 0.15) is 26.3 Å². The summed E-state index contributed by atoms with van der Waals surface area (Å²) in [5.41, 5.74) is 0.595. The Hall–Kier alpha value is -1.57. The standard InChI is InChI=1S/C14H18O2/c1-14(2,3)13(16)10-12(15)9-11-7-5-4-6-8-11/h4-8,10,16H,9H2,1-3H3/b13-10-. The average molecular weight is 218 g/mol. The van der Waals surface area contributed by atoms with Gasteiger partial charge < -0.3 is 5.11 Å². The van der Waals surface area contributed by atoms with E-state index in [1.54, 1.807) is 0 Å². The molecule has 2 nitrogen and oxygen atoms in total. The molecule has 1 aromatic carbocycles. The minimum atomic E-state index is -0.369. The molecule has 0 spiro atoms. The number of aliphatic hydroxyl groups is 1. The molecule has 0 aliphatic carbocycles. The first-order chi connectivity index (χ1) is 7.39. The van der Waals surface area contributed by atoms with Gasteiger partial charge >= 0.3 is 0 Å². The van der Waals surface area contributed by atoms with Crippen molar-refractivity contribution in [2.75, 3.05) is 0 Å². The van der Waals surface area contributed by atoms with Gasteiger partial charge in [-0.3, -0.25) is 4.79 Å². The number of hydrogen-bond acceptors (Lipinski definition) is 2. The Morgan fingerprint density at radius 1 is 1.25 bits per heavy atom. The zero-order valence-corrected chi connectivity index (χ0v) is 10.0. The zero-order valence-electron chi connectivity index (χ0n) is 10.0. The molecule has 0 atom stereocenters. The summed E-state index contributed by atoms with van der Waals surface area (Å²) in [7, 11) is 0. The quantitative estimate of drug-likeness (QED) is 0.624. The summed E-state index contributed by atoms with van der Waals surface area (Å²) in [6, 6.07) is 9.52. The average Bonchev–Trinajstić information content (AvgIpc) is 2.17. The van der Waals surface area contributed by atoms with E-state index in [0.717, 1.165) is 5.56 Å². The Labute approximate surface area is 96.6 Å². The maximum absolute atomic E-state index is 11.6.